The predicted octanol–water partition coefficient (Wildman–Crippen LogP) is 2.05. The molecule has 0 bridgehead atoms. The smallest absolute Gasteiger partial charge is 0.311 e. The number of nitrogens with zero attached hydrogens (tertiary/aromatic N) is 1. The molecule has 2 rings (SSSR count). The number of likely N-dealkylation sites (tertiary alicyclic amines) is 1. The second-order valence-electron chi connectivity index (χ2n) is 6.09. The highest BCUT2D eigenvalue weighted by Crippen LogP contribution is 2.36. The van der Waals surface area contributed by atoms with Crippen molar-refractivity contribution in [1.82, 2.24) is 4.90 Å². The fourth-order valence-electron chi connectivity index (χ4n) is 3.34. The van der Waals surface area contributed by atoms with E-state index in [0.29, 0.717) is 32.4 Å². The number of amides is 1. The molecular formula is C15H25NO4. The normalized spacial score (nSPS) is 30.4. The Hall–Kier alpha value is -1.10. The number of hydrogen-bond acceptors (Lipinski definition) is 3. The number of carboxylic acids is 1. The number of carbonyl (C=O) groups excluding carboxylic acids is 1. The molecule has 2 heterocycles. The molecule has 2 unspecified atom stereocenters. The van der Waals surface area contributed by atoms with Crippen LogP contribution in [-0.4, -0.2) is 47.7 Å². The van der Waals surface area contributed by atoms with E-state index < -0.39 is 11.4 Å². The van der Waals surface area contributed by atoms with Gasteiger partial charge in [0.05, 0.1) is 17.9 Å². The molecule has 20 heavy (non-hydrogen) atoms. The van der Waals surface area contributed by atoms with E-state index >= 15 is 0 Å². The molecular weight excluding hydrogens is 258 g/mol. The molecule has 0 saturated carbocycles. The van der Waals surface area contributed by atoms with Gasteiger partial charge in [-0.1, -0.05) is 13.3 Å². The third-order valence-electron chi connectivity index (χ3n) is 4.57. The van der Waals surface area contributed by atoms with Crippen molar-refractivity contribution in [3.8, 4) is 0 Å². The highest BCUT2D eigenvalue weighted by atomic mass is 16.5. The zero-order valence-electron chi connectivity index (χ0n) is 12.3. The molecule has 5 nitrogen and oxygen atoms in total. The zero-order valence-corrected chi connectivity index (χ0v) is 12.3. The van der Waals surface area contributed by atoms with Gasteiger partial charge in [-0.05, 0) is 32.1 Å². The summed E-state index contributed by atoms with van der Waals surface area (Å²) in [7, 11) is 0. The maximum atomic E-state index is 12.3. The molecule has 0 aliphatic carbocycles. The monoisotopic (exact) mass is 283 g/mol. The van der Waals surface area contributed by atoms with Gasteiger partial charge in [0.15, 0.2) is 0 Å². The van der Waals surface area contributed by atoms with Gasteiger partial charge in [-0.2, -0.15) is 0 Å². The summed E-state index contributed by atoms with van der Waals surface area (Å²) in [4.78, 5) is 25.5. The largest absolute Gasteiger partial charge is 0.481 e. The summed E-state index contributed by atoms with van der Waals surface area (Å²) in [5, 5.41) is 9.45. The Balaban J connectivity index is 1.90. The molecule has 0 aromatic rings. The number of aliphatic carboxylic acids is 1. The van der Waals surface area contributed by atoms with Crippen LogP contribution in [0.2, 0.25) is 0 Å². The first kappa shape index (κ1) is 15.3. The van der Waals surface area contributed by atoms with Crippen molar-refractivity contribution < 1.29 is 19.4 Å². The van der Waals surface area contributed by atoms with Crippen molar-refractivity contribution in [2.24, 2.45) is 5.41 Å². The van der Waals surface area contributed by atoms with Crippen LogP contribution in [0.3, 0.4) is 0 Å². The second-order valence-corrected chi connectivity index (χ2v) is 6.09. The first-order chi connectivity index (χ1) is 9.57. The Morgan fingerprint density at radius 1 is 1.40 bits per heavy atom. The summed E-state index contributed by atoms with van der Waals surface area (Å²) >= 11 is 0. The standard InChI is InChI=1S/C15H25NO4/c1-2-6-15(14(18)19)7-8-16(11-15)13(17)10-12-5-3-4-9-20-12/h12H,2-11H2,1H3,(H,18,19). The number of hydrogen-bond donors (Lipinski definition) is 1. The lowest BCUT2D eigenvalue weighted by molar-refractivity contribution is -0.149. The first-order valence-corrected chi connectivity index (χ1v) is 7.70. The van der Waals surface area contributed by atoms with Gasteiger partial charge in [-0.15, -0.1) is 0 Å². The van der Waals surface area contributed by atoms with Crippen molar-refractivity contribution in [3.05, 3.63) is 0 Å². The third-order valence-corrected chi connectivity index (χ3v) is 4.57. The van der Waals surface area contributed by atoms with E-state index in [4.69, 9.17) is 4.74 Å². The molecule has 0 radical (unpaired) electrons. The van der Waals surface area contributed by atoms with Crippen LogP contribution in [0.5, 0.6) is 0 Å². The van der Waals surface area contributed by atoms with E-state index in [2.05, 4.69) is 0 Å². The number of rotatable bonds is 5. The summed E-state index contributed by atoms with van der Waals surface area (Å²) in [5.74, 6) is -0.709. The average molecular weight is 283 g/mol. The molecule has 2 fully saturated rings. The van der Waals surface area contributed by atoms with E-state index in [9.17, 15) is 14.7 Å². The van der Waals surface area contributed by atoms with Gasteiger partial charge >= 0.3 is 5.97 Å². The second kappa shape index (κ2) is 6.57. The van der Waals surface area contributed by atoms with Gasteiger partial charge in [0.1, 0.15) is 0 Å². The number of ether oxygens (including phenoxy) is 1. The highest BCUT2D eigenvalue weighted by Gasteiger charge is 2.45. The van der Waals surface area contributed by atoms with E-state index in [1.807, 2.05) is 6.92 Å². The van der Waals surface area contributed by atoms with Crippen LogP contribution in [0.15, 0.2) is 0 Å². The zero-order chi connectivity index (χ0) is 14.6. The minimum Gasteiger partial charge on any atom is -0.481 e. The predicted molar refractivity (Wildman–Crippen MR) is 74.4 cm³/mol. The van der Waals surface area contributed by atoms with Gasteiger partial charge in [0.25, 0.3) is 0 Å². The fraction of sp³-hybridized carbons (Fsp3) is 0.867. The highest BCUT2D eigenvalue weighted by molar-refractivity contribution is 5.81. The van der Waals surface area contributed by atoms with Crippen molar-refractivity contribution >= 4 is 11.9 Å². The summed E-state index contributed by atoms with van der Waals surface area (Å²) in [6.45, 7) is 3.66. The first-order valence-electron chi connectivity index (χ1n) is 7.70. The third kappa shape index (κ3) is 3.32. The molecule has 114 valence electrons. The van der Waals surface area contributed by atoms with Crippen molar-refractivity contribution in [2.45, 2.75) is 58.0 Å². The van der Waals surface area contributed by atoms with Crippen molar-refractivity contribution in [2.75, 3.05) is 19.7 Å². The summed E-state index contributed by atoms with van der Waals surface area (Å²) in [6, 6.07) is 0. The van der Waals surface area contributed by atoms with Gasteiger partial charge in [-0.3, -0.25) is 9.59 Å². The minimum absolute atomic E-state index is 0.0299. The van der Waals surface area contributed by atoms with Crippen LogP contribution in [0.25, 0.3) is 0 Å². The van der Waals surface area contributed by atoms with Crippen LogP contribution in [0.1, 0.15) is 51.9 Å². The van der Waals surface area contributed by atoms with Gasteiger partial charge < -0.3 is 14.7 Å². The van der Waals surface area contributed by atoms with Crippen LogP contribution in [0.4, 0.5) is 0 Å². The maximum absolute atomic E-state index is 12.3. The summed E-state index contributed by atoms with van der Waals surface area (Å²) in [5.41, 5.74) is -0.724. The van der Waals surface area contributed by atoms with Crippen molar-refractivity contribution in [1.29, 1.82) is 0 Å². The fourth-order valence-corrected chi connectivity index (χ4v) is 3.34. The van der Waals surface area contributed by atoms with E-state index in [1.54, 1.807) is 4.90 Å². The summed E-state index contributed by atoms with van der Waals surface area (Å²) < 4.78 is 5.59. The lowest BCUT2D eigenvalue weighted by atomic mass is 9.83. The van der Waals surface area contributed by atoms with Crippen LogP contribution < -0.4 is 0 Å². The molecule has 2 aliphatic heterocycles. The number of carbonyl (C=O) groups is 2. The molecule has 2 aliphatic rings. The molecule has 5 heteroatoms. The van der Waals surface area contributed by atoms with Gasteiger partial charge in [-0.25, -0.2) is 0 Å². The van der Waals surface area contributed by atoms with Crippen LogP contribution in [-0.2, 0) is 14.3 Å². The Morgan fingerprint density at radius 3 is 2.80 bits per heavy atom. The lowest BCUT2D eigenvalue weighted by Gasteiger charge is -2.26. The Morgan fingerprint density at radius 2 is 2.20 bits per heavy atom. The van der Waals surface area contributed by atoms with Crippen LogP contribution >= 0.6 is 0 Å². The van der Waals surface area contributed by atoms with E-state index in [1.165, 1.54) is 0 Å². The quantitative estimate of drug-likeness (QED) is 0.838. The summed E-state index contributed by atoms with van der Waals surface area (Å²) in [6.07, 6.45) is 5.63. The van der Waals surface area contributed by atoms with Gasteiger partial charge in [0, 0.05) is 19.7 Å². The number of carboxylic acid groups (broad SMARTS) is 1. The van der Waals surface area contributed by atoms with E-state index in [0.717, 1.165) is 32.3 Å². The van der Waals surface area contributed by atoms with E-state index in [-0.39, 0.29) is 12.0 Å². The molecule has 0 aromatic carbocycles. The van der Waals surface area contributed by atoms with Crippen LogP contribution in [0, 0.1) is 5.41 Å². The lowest BCUT2D eigenvalue weighted by Crippen LogP contribution is -2.38. The molecule has 1 amide bonds. The average Bonchev–Trinajstić information content (AvgIpc) is 2.86. The van der Waals surface area contributed by atoms with Crippen molar-refractivity contribution in [3.63, 3.8) is 0 Å². The molecule has 2 saturated heterocycles. The molecule has 2 atom stereocenters. The Labute approximate surface area is 120 Å². The topological polar surface area (TPSA) is 66.8 Å². The SMILES string of the molecule is CCCC1(C(=O)O)CCN(C(=O)CC2CCCCO2)C1. The molecule has 0 aromatic heterocycles. The van der Waals surface area contributed by atoms with Gasteiger partial charge in [0.2, 0.25) is 5.91 Å². The molecule has 1 N–H and O–H groups in total. The molecule has 0 spiro atoms. The Bertz CT molecular complexity index is 365. The maximum Gasteiger partial charge on any atom is 0.311 e. The minimum atomic E-state index is -0.761. The Kier molecular flexibility index (Phi) is 5.02.